The molecule has 0 saturated carbocycles. The van der Waals surface area contributed by atoms with Crippen molar-refractivity contribution in [2.24, 2.45) is 5.92 Å². The first-order valence-corrected chi connectivity index (χ1v) is 8.65. The monoisotopic (exact) mass is 406 g/mol. The van der Waals surface area contributed by atoms with E-state index in [1.807, 2.05) is 20.8 Å². The Morgan fingerprint density at radius 3 is 2.65 bits per heavy atom. The number of aromatic nitrogens is 2. The Balaban J connectivity index is 2.69. The van der Waals surface area contributed by atoms with E-state index in [9.17, 15) is 4.79 Å². The minimum atomic E-state index is -0.520. The summed E-state index contributed by atoms with van der Waals surface area (Å²) >= 11 is 9.22. The standard InChI is InChI=1S/C15H24BrClN4O2/c1-9(2)6-10(7-19-14(22)23-15(3,4)5)20-12-11(16)8-18-13(17)21-12/h8-10H,6-7H2,1-5H3,(H,19,22)(H,18,20,21). The quantitative estimate of drug-likeness (QED) is 0.690. The fourth-order valence-corrected chi connectivity index (χ4v) is 2.36. The molecule has 0 aliphatic heterocycles. The number of anilines is 1. The zero-order valence-electron chi connectivity index (χ0n) is 14.1. The fraction of sp³-hybridized carbons (Fsp3) is 0.667. The van der Waals surface area contributed by atoms with E-state index < -0.39 is 11.7 Å². The van der Waals surface area contributed by atoms with Gasteiger partial charge in [0.1, 0.15) is 11.4 Å². The van der Waals surface area contributed by atoms with Gasteiger partial charge in [0.2, 0.25) is 5.28 Å². The molecule has 23 heavy (non-hydrogen) atoms. The second kappa shape index (κ2) is 8.68. The Morgan fingerprint density at radius 2 is 2.09 bits per heavy atom. The molecular formula is C15H24BrClN4O2. The van der Waals surface area contributed by atoms with Crippen LogP contribution in [0.2, 0.25) is 5.28 Å². The first-order chi connectivity index (χ1) is 10.6. The maximum Gasteiger partial charge on any atom is 0.407 e. The first-order valence-electron chi connectivity index (χ1n) is 7.48. The number of carbonyl (C=O) groups is 1. The minimum absolute atomic E-state index is 0.00946. The van der Waals surface area contributed by atoms with Crippen molar-refractivity contribution in [2.75, 3.05) is 11.9 Å². The lowest BCUT2D eigenvalue weighted by atomic mass is 10.0. The maximum absolute atomic E-state index is 11.8. The molecule has 1 amide bonds. The third kappa shape index (κ3) is 8.37. The number of amides is 1. The number of ether oxygens (including phenoxy) is 1. The van der Waals surface area contributed by atoms with Crippen LogP contribution in [0.1, 0.15) is 41.0 Å². The molecule has 2 N–H and O–H groups in total. The third-order valence-electron chi connectivity index (χ3n) is 2.70. The summed E-state index contributed by atoms with van der Waals surface area (Å²) in [6.45, 7) is 10.1. The number of nitrogens with one attached hydrogen (secondary N) is 2. The van der Waals surface area contributed by atoms with Crippen LogP contribution in [0.5, 0.6) is 0 Å². The van der Waals surface area contributed by atoms with E-state index in [4.69, 9.17) is 16.3 Å². The van der Waals surface area contributed by atoms with E-state index in [1.165, 1.54) is 0 Å². The zero-order chi connectivity index (χ0) is 17.6. The molecule has 6 nitrogen and oxygen atoms in total. The van der Waals surface area contributed by atoms with Crippen LogP contribution >= 0.6 is 27.5 Å². The topological polar surface area (TPSA) is 76.1 Å². The van der Waals surface area contributed by atoms with Gasteiger partial charge in [0, 0.05) is 18.8 Å². The van der Waals surface area contributed by atoms with E-state index in [1.54, 1.807) is 6.20 Å². The number of halogens is 2. The Kier molecular flexibility index (Phi) is 7.54. The Morgan fingerprint density at radius 1 is 1.43 bits per heavy atom. The number of alkyl carbamates (subject to hydrolysis) is 1. The molecule has 1 unspecified atom stereocenters. The van der Waals surface area contributed by atoms with Crippen molar-refractivity contribution in [1.82, 2.24) is 15.3 Å². The van der Waals surface area contributed by atoms with Crippen LogP contribution in [0.25, 0.3) is 0 Å². The summed E-state index contributed by atoms with van der Waals surface area (Å²) in [4.78, 5) is 19.9. The molecule has 1 aromatic rings. The summed E-state index contributed by atoms with van der Waals surface area (Å²) in [6, 6.07) is -0.00946. The molecule has 0 fully saturated rings. The molecule has 0 aliphatic rings. The van der Waals surface area contributed by atoms with Crippen molar-refractivity contribution >= 4 is 39.4 Å². The smallest absolute Gasteiger partial charge is 0.407 e. The van der Waals surface area contributed by atoms with E-state index in [0.717, 1.165) is 6.42 Å². The summed E-state index contributed by atoms with van der Waals surface area (Å²) < 4.78 is 5.97. The number of hydrogen-bond acceptors (Lipinski definition) is 5. The van der Waals surface area contributed by atoms with E-state index >= 15 is 0 Å². The molecule has 0 aliphatic carbocycles. The van der Waals surface area contributed by atoms with Crippen molar-refractivity contribution in [3.8, 4) is 0 Å². The van der Waals surface area contributed by atoms with Gasteiger partial charge in [0.25, 0.3) is 0 Å². The number of nitrogens with zero attached hydrogens (tertiary/aromatic N) is 2. The number of carbonyl (C=O) groups excluding carboxylic acids is 1. The van der Waals surface area contributed by atoms with Gasteiger partial charge in [-0.3, -0.25) is 0 Å². The van der Waals surface area contributed by atoms with Crippen LogP contribution in [-0.4, -0.2) is 34.2 Å². The average molecular weight is 408 g/mol. The van der Waals surface area contributed by atoms with Gasteiger partial charge in [-0.05, 0) is 60.6 Å². The largest absolute Gasteiger partial charge is 0.444 e. The van der Waals surface area contributed by atoms with Crippen molar-refractivity contribution in [3.05, 3.63) is 16.0 Å². The predicted molar refractivity (Wildman–Crippen MR) is 95.8 cm³/mol. The highest BCUT2D eigenvalue weighted by Gasteiger charge is 2.19. The SMILES string of the molecule is CC(C)CC(CNC(=O)OC(C)(C)C)Nc1nc(Cl)ncc1Br. The Labute approximate surface area is 150 Å². The van der Waals surface area contributed by atoms with Crippen LogP contribution in [0, 0.1) is 5.92 Å². The maximum atomic E-state index is 11.8. The van der Waals surface area contributed by atoms with Crippen LogP contribution in [0.4, 0.5) is 10.6 Å². The molecule has 1 aromatic heterocycles. The van der Waals surface area contributed by atoms with Gasteiger partial charge < -0.3 is 15.4 Å². The van der Waals surface area contributed by atoms with Gasteiger partial charge in [0.15, 0.2) is 0 Å². The summed E-state index contributed by atoms with van der Waals surface area (Å²) in [5.41, 5.74) is -0.520. The second-order valence-electron chi connectivity index (χ2n) is 6.69. The summed E-state index contributed by atoms with van der Waals surface area (Å²) in [7, 11) is 0. The lowest BCUT2D eigenvalue weighted by molar-refractivity contribution is 0.0524. The normalized spacial score (nSPS) is 12.9. The predicted octanol–water partition coefficient (Wildman–Crippen LogP) is 4.24. The lowest BCUT2D eigenvalue weighted by Crippen LogP contribution is -2.40. The van der Waals surface area contributed by atoms with E-state index in [2.05, 4.69) is 50.4 Å². The molecule has 0 saturated heterocycles. The third-order valence-corrected chi connectivity index (χ3v) is 3.47. The second-order valence-corrected chi connectivity index (χ2v) is 7.88. The Hall–Kier alpha value is -1.08. The van der Waals surface area contributed by atoms with Gasteiger partial charge in [-0.15, -0.1) is 0 Å². The average Bonchev–Trinajstić information content (AvgIpc) is 2.37. The van der Waals surface area contributed by atoms with E-state index in [-0.39, 0.29) is 11.3 Å². The molecule has 130 valence electrons. The molecule has 1 rings (SSSR count). The molecule has 1 heterocycles. The zero-order valence-corrected chi connectivity index (χ0v) is 16.5. The first kappa shape index (κ1) is 20.0. The highest BCUT2D eigenvalue weighted by Crippen LogP contribution is 2.22. The van der Waals surface area contributed by atoms with Gasteiger partial charge in [-0.1, -0.05) is 13.8 Å². The molecule has 0 spiro atoms. The van der Waals surface area contributed by atoms with E-state index in [0.29, 0.717) is 22.8 Å². The van der Waals surface area contributed by atoms with Crippen LogP contribution in [0.15, 0.2) is 10.7 Å². The molecule has 0 radical (unpaired) electrons. The van der Waals surface area contributed by atoms with Gasteiger partial charge in [0.05, 0.1) is 4.47 Å². The summed E-state index contributed by atoms with van der Waals surface area (Å²) in [6.07, 6.45) is 2.00. The molecular weight excluding hydrogens is 384 g/mol. The number of hydrogen-bond donors (Lipinski definition) is 2. The van der Waals surface area contributed by atoms with Crippen molar-refractivity contribution in [2.45, 2.75) is 52.7 Å². The van der Waals surface area contributed by atoms with Crippen molar-refractivity contribution in [1.29, 1.82) is 0 Å². The highest BCUT2D eigenvalue weighted by molar-refractivity contribution is 9.10. The van der Waals surface area contributed by atoms with Crippen LogP contribution < -0.4 is 10.6 Å². The van der Waals surface area contributed by atoms with Crippen molar-refractivity contribution < 1.29 is 9.53 Å². The van der Waals surface area contributed by atoms with Gasteiger partial charge in [-0.25, -0.2) is 9.78 Å². The molecule has 8 heteroatoms. The summed E-state index contributed by atoms with van der Waals surface area (Å²) in [5.74, 6) is 1.05. The molecule has 0 bridgehead atoms. The van der Waals surface area contributed by atoms with Crippen molar-refractivity contribution in [3.63, 3.8) is 0 Å². The summed E-state index contributed by atoms with van der Waals surface area (Å²) in [5, 5.41) is 6.23. The Bertz CT molecular complexity index is 535. The van der Waals surface area contributed by atoms with Crippen LogP contribution in [0.3, 0.4) is 0 Å². The molecule has 0 aromatic carbocycles. The molecule has 1 atom stereocenters. The lowest BCUT2D eigenvalue weighted by Gasteiger charge is -2.24. The van der Waals surface area contributed by atoms with Gasteiger partial charge >= 0.3 is 6.09 Å². The fourth-order valence-electron chi connectivity index (χ4n) is 1.92. The minimum Gasteiger partial charge on any atom is -0.444 e. The van der Waals surface area contributed by atoms with Gasteiger partial charge in [-0.2, -0.15) is 4.98 Å². The number of rotatable bonds is 6. The van der Waals surface area contributed by atoms with Crippen LogP contribution in [-0.2, 0) is 4.74 Å². The highest BCUT2D eigenvalue weighted by atomic mass is 79.9.